The van der Waals surface area contributed by atoms with Gasteiger partial charge >= 0.3 is 0 Å². The van der Waals surface area contributed by atoms with Crippen LogP contribution in [-0.4, -0.2) is 33.0 Å². The summed E-state index contributed by atoms with van der Waals surface area (Å²) >= 11 is 1.35. The molecule has 1 N–H and O–H groups in total. The number of anilines is 1. The van der Waals surface area contributed by atoms with Crippen LogP contribution in [0.3, 0.4) is 0 Å². The Morgan fingerprint density at radius 1 is 1.24 bits per heavy atom. The van der Waals surface area contributed by atoms with Gasteiger partial charge in [-0.05, 0) is 44.2 Å². The van der Waals surface area contributed by atoms with Crippen LogP contribution in [0.4, 0.5) is 5.69 Å². The lowest BCUT2D eigenvalue weighted by atomic mass is 10.1. The molecule has 2 aromatic carbocycles. The van der Waals surface area contributed by atoms with Crippen molar-refractivity contribution in [2.24, 2.45) is 0 Å². The Balaban J connectivity index is 1.66. The average Bonchev–Trinajstić information content (AvgIpc) is 3.11. The van der Waals surface area contributed by atoms with E-state index >= 15 is 0 Å². The number of amides is 1. The molecule has 1 amide bonds. The monoisotopic (exact) mass is 408 g/mol. The molecule has 150 valence electrons. The fourth-order valence-corrected chi connectivity index (χ4v) is 3.56. The van der Waals surface area contributed by atoms with Crippen molar-refractivity contribution >= 4 is 23.4 Å². The molecule has 0 saturated heterocycles. The van der Waals surface area contributed by atoms with Crippen LogP contribution < -0.4 is 10.1 Å². The molecule has 0 spiro atoms. The van der Waals surface area contributed by atoms with Crippen LogP contribution in [0.25, 0.3) is 11.4 Å². The second kappa shape index (κ2) is 9.93. The third-order valence-electron chi connectivity index (χ3n) is 4.09. The normalized spacial score (nSPS) is 10.6. The van der Waals surface area contributed by atoms with E-state index in [1.54, 1.807) is 6.08 Å². The van der Waals surface area contributed by atoms with Gasteiger partial charge in [-0.15, -0.1) is 16.8 Å². The van der Waals surface area contributed by atoms with Gasteiger partial charge in [-0.1, -0.05) is 41.6 Å². The van der Waals surface area contributed by atoms with E-state index < -0.39 is 0 Å². The van der Waals surface area contributed by atoms with Crippen LogP contribution in [0.15, 0.2) is 66.3 Å². The fraction of sp³-hybridized carbons (Fsp3) is 0.227. The summed E-state index contributed by atoms with van der Waals surface area (Å²) in [5.41, 5.74) is 2.87. The number of aromatic nitrogens is 3. The molecule has 29 heavy (non-hydrogen) atoms. The quantitative estimate of drug-likeness (QED) is 0.415. The average molecular weight is 409 g/mol. The van der Waals surface area contributed by atoms with Crippen molar-refractivity contribution < 1.29 is 9.53 Å². The van der Waals surface area contributed by atoms with Gasteiger partial charge in [0.25, 0.3) is 0 Å². The van der Waals surface area contributed by atoms with Crippen LogP contribution >= 0.6 is 11.8 Å². The van der Waals surface area contributed by atoms with Gasteiger partial charge in [0.15, 0.2) is 11.0 Å². The predicted octanol–water partition coefficient (Wildman–Crippen LogP) is 4.57. The van der Waals surface area contributed by atoms with E-state index in [9.17, 15) is 4.79 Å². The van der Waals surface area contributed by atoms with Crippen molar-refractivity contribution in [3.8, 4) is 17.1 Å². The molecule has 0 atom stereocenters. The maximum Gasteiger partial charge on any atom is 0.234 e. The molecular formula is C22H24N4O2S. The van der Waals surface area contributed by atoms with Crippen molar-refractivity contribution in [2.75, 3.05) is 17.7 Å². The van der Waals surface area contributed by atoms with Crippen molar-refractivity contribution in [1.29, 1.82) is 0 Å². The van der Waals surface area contributed by atoms with Crippen LogP contribution in [0.5, 0.6) is 5.75 Å². The summed E-state index contributed by atoms with van der Waals surface area (Å²) in [7, 11) is 0. The van der Waals surface area contributed by atoms with Gasteiger partial charge in [0.2, 0.25) is 5.91 Å². The summed E-state index contributed by atoms with van der Waals surface area (Å²) in [6, 6.07) is 15.4. The van der Waals surface area contributed by atoms with E-state index in [4.69, 9.17) is 4.74 Å². The zero-order valence-corrected chi connectivity index (χ0v) is 17.4. The summed E-state index contributed by atoms with van der Waals surface area (Å²) in [5, 5.41) is 12.2. The van der Waals surface area contributed by atoms with Crippen molar-refractivity contribution in [3.63, 3.8) is 0 Å². The van der Waals surface area contributed by atoms with Gasteiger partial charge in [0.1, 0.15) is 5.75 Å². The molecule has 0 aliphatic carbocycles. The van der Waals surface area contributed by atoms with Gasteiger partial charge < -0.3 is 10.1 Å². The van der Waals surface area contributed by atoms with E-state index in [1.807, 2.05) is 60.9 Å². The molecule has 0 bridgehead atoms. The number of ether oxygens (including phenoxy) is 1. The Hall–Kier alpha value is -3.06. The van der Waals surface area contributed by atoms with E-state index in [0.29, 0.717) is 18.3 Å². The fourth-order valence-electron chi connectivity index (χ4n) is 2.82. The smallest absolute Gasteiger partial charge is 0.234 e. The molecule has 0 unspecified atom stereocenters. The minimum atomic E-state index is -0.107. The Bertz CT molecular complexity index is 983. The SMILES string of the molecule is C=CCn1c(SCC(=O)Nc2ccc(OCC)cc2)nnc1-c1cccc(C)c1. The zero-order valence-electron chi connectivity index (χ0n) is 16.6. The summed E-state index contributed by atoms with van der Waals surface area (Å²) in [6.07, 6.45) is 1.80. The Labute approximate surface area is 175 Å². The molecule has 3 rings (SSSR count). The number of carbonyl (C=O) groups excluding carboxylic acids is 1. The molecule has 0 radical (unpaired) electrons. The number of hydrogen-bond acceptors (Lipinski definition) is 5. The minimum Gasteiger partial charge on any atom is -0.494 e. The number of rotatable bonds is 9. The van der Waals surface area contributed by atoms with E-state index in [-0.39, 0.29) is 11.7 Å². The maximum atomic E-state index is 12.3. The topological polar surface area (TPSA) is 69.0 Å². The van der Waals surface area contributed by atoms with Gasteiger partial charge in [-0.25, -0.2) is 0 Å². The zero-order chi connectivity index (χ0) is 20.6. The lowest BCUT2D eigenvalue weighted by Gasteiger charge is -2.09. The molecule has 3 aromatic rings. The highest BCUT2D eigenvalue weighted by Crippen LogP contribution is 2.25. The number of allylic oxidation sites excluding steroid dienone is 1. The lowest BCUT2D eigenvalue weighted by Crippen LogP contribution is -2.14. The van der Waals surface area contributed by atoms with E-state index in [2.05, 4.69) is 28.2 Å². The summed E-state index contributed by atoms with van der Waals surface area (Å²) in [4.78, 5) is 12.3. The van der Waals surface area contributed by atoms with Gasteiger partial charge in [-0.2, -0.15) is 0 Å². The minimum absolute atomic E-state index is 0.107. The highest BCUT2D eigenvalue weighted by Gasteiger charge is 2.15. The summed E-state index contributed by atoms with van der Waals surface area (Å²) in [5.74, 6) is 1.67. The Kier molecular flexibility index (Phi) is 7.08. The number of thioether (sulfide) groups is 1. The molecule has 0 aliphatic rings. The second-order valence-corrected chi connectivity index (χ2v) is 7.31. The highest BCUT2D eigenvalue weighted by molar-refractivity contribution is 7.99. The summed E-state index contributed by atoms with van der Waals surface area (Å²) < 4.78 is 7.38. The largest absolute Gasteiger partial charge is 0.494 e. The maximum absolute atomic E-state index is 12.3. The van der Waals surface area contributed by atoms with Crippen LogP contribution in [0.1, 0.15) is 12.5 Å². The second-order valence-electron chi connectivity index (χ2n) is 6.37. The van der Waals surface area contributed by atoms with Crippen LogP contribution in [0, 0.1) is 6.92 Å². The first-order chi connectivity index (χ1) is 14.1. The van der Waals surface area contributed by atoms with Crippen molar-refractivity contribution in [2.45, 2.75) is 25.5 Å². The molecule has 1 aromatic heterocycles. The highest BCUT2D eigenvalue weighted by atomic mass is 32.2. The van der Waals surface area contributed by atoms with Crippen LogP contribution in [0.2, 0.25) is 0 Å². The Morgan fingerprint density at radius 3 is 2.72 bits per heavy atom. The number of aryl methyl sites for hydroxylation is 1. The molecule has 0 fully saturated rings. The van der Waals surface area contributed by atoms with Crippen molar-refractivity contribution in [3.05, 3.63) is 66.7 Å². The third-order valence-corrected chi connectivity index (χ3v) is 5.05. The van der Waals surface area contributed by atoms with Crippen LogP contribution in [-0.2, 0) is 11.3 Å². The Morgan fingerprint density at radius 2 is 2.03 bits per heavy atom. The predicted molar refractivity (Wildman–Crippen MR) is 117 cm³/mol. The first kappa shape index (κ1) is 20.7. The number of hydrogen-bond donors (Lipinski definition) is 1. The number of carbonyl (C=O) groups is 1. The van der Waals surface area contributed by atoms with E-state index in [0.717, 1.165) is 28.4 Å². The standard InChI is InChI=1S/C22H24N4O2S/c1-4-13-26-21(17-8-6-7-16(3)14-17)24-25-22(26)29-15-20(27)23-18-9-11-19(12-10-18)28-5-2/h4,6-12,14H,1,5,13,15H2,2-3H3,(H,23,27). The molecule has 0 aliphatic heterocycles. The molecular weight excluding hydrogens is 384 g/mol. The number of benzene rings is 2. The van der Waals surface area contributed by atoms with Gasteiger partial charge in [-0.3, -0.25) is 9.36 Å². The molecule has 1 heterocycles. The van der Waals surface area contributed by atoms with Crippen molar-refractivity contribution in [1.82, 2.24) is 14.8 Å². The first-order valence-electron chi connectivity index (χ1n) is 9.37. The lowest BCUT2D eigenvalue weighted by molar-refractivity contribution is -0.113. The summed E-state index contributed by atoms with van der Waals surface area (Å²) in [6.45, 7) is 8.98. The van der Waals surface area contributed by atoms with Gasteiger partial charge in [0, 0.05) is 17.8 Å². The third kappa shape index (κ3) is 5.48. The number of nitrogens with zero attached hydrogens (tertiary/aromatic N) is 3. The molecule has 0 saturated carbocycles. The molecule has 7 heteroatoms. The number of nitrogens with one attached hydrogen (secondary N) is 1. The first-order valence-corrected chi connectivity index (χ1v) is 10.4. The van der Waals surface area contributed by atoms with E-state index in [1.165, 1.54) is 11.8 Å². The van der Waals surface area contributed by atoms with Gasteiger partial charge in [0.05, 0.1) is 12.4 Å². The molecule has 6 nitrogen and oxygen atoms in total.